The van der Waals surface area contributed by atoms with Crippen molar-refractivity contribution in [2.24, 2.45) is 0 Å². The van der Waals surface area contributed by atoms with Crippen molar-refractivity contribution in [1.82, 2.24) is 0 Å². The van der Waals surface area contributed by atoms with Crippen LogP contribution in [0.5, 0.6) is 0 Å². The summed E-state index contributed by atoms with van der Waals surface area (Å²) in [6.07, 6.45) is 0. The predicted molar refractivity (Wildman–Crippen MR) is 0.686 cm³/mol. The fourth-order valence-corrected chi connectivity index (χ4v) is 0. The molecule has 5 heteroatoms. The van der Waals surface area contributed by atoms with Crippen LogP contribution in [-0.2, 0) is 81.7 Å². The van der Waals surface area contributed by atoms with Gasteiger partial charge in [-0.15, -0.1) is 0 Å². The van der Waals surface area contributed by atoms with E-state index in [9.17, 15) is 0 Å². The molecule has 0 amide bonds. The van der Waals surface area contributed by atoms with Crippen molar-refractivity contribution in [3.63, 3.8) is 0 Å². The van der Waals surface area contributed by atoms with Gasteiger partial charge < -0.3 is 5.48 Å². The molecule has 0 saturated carbocycles. The second-order valence-electron chi connectivity index (χ2n) is 0. The third-order valence-electron chi connectivity index (χ3n) is 0. The molecule has 0 spiro atoms. The number of hydrogen-bond donors (Lipinski definition) is 0. The van der Waals surface area contributed by atoms with Gasteiger partial charge in [0.2, 0.25) is 0 Å². The smallest absolute Gasteiger partial charge is 1.00 e. The summed E-state index contributed by atoms with van der Waals surface area (Å²) in [4.78, 5) is 0. The third kappa shape index (κ3) is 21.6. The fraction of sp³-hybridized carbons (Fsp3) is 0. The first-order valence-electron chi connectivity index (χ1n) is 0. The van der Waals surface area contributed by atoms with E-state index in [2.05, 4.69) is 0 Å². The molecule has 0 aliphatic rings. The Balaban J connectivity index is 0. The van der Waals surface area contributed by atoms with Crippen molar-refractivity contribution in [3.8, 4) is 0 Å². The first-order valence-corrected chi connectivity index (χ1v) is 0. The Morgan fingerprint density at radius 3 is 0.600 bits per heavy atom. The second kappa shape index (κ2) is 32.6. The molecule has 0 fully saturated rings. The Bertz CT molecular complexity index is 7.61. The standard InChI is InChI=1S/2Cu.2Mo.O/q2*+1;;;-2. The molecule has 5 heavy (non-hydrogen) atoms. The normalized spacial score (nSPS) is 0. The quantitative estimate of drug-likeness (QED) is 0.552. The first-order chi connectivity index (χ1) is 0. The van der Waals surface area contributed by atoms with E-state index in [1.165, 1.54) is 0 Å². The van der Waals surface area contributed by atoms with Gasteiger partial charge in [0.15, 0.2) is 0 Å². The van der Waals surface area contributed by atoms with Gasteiger partial charge in [0, 0.05) is 42.1 Å². The van der Waals surface area contributed by atoms with Gasteiger partial charge in [0.25, 0.3) is 0 Å². The fourth-order valence-electron chi connectivity index (χ4n) is 0. The molecule has 0 N–H and O–H groups in total. The van der Waals surface area contributed by atoms with Gasteiger partial charge in [-0.05, 0) is 0 Å². The molecule has 0 aliphatic carbocycles. The van der Waals surface area contributed by atoms with E-state index in [1.807, 2.05) is 0 Å². The number of rotatable bonds is 0. The van der Waals surface area contributed by atoms with Crippen molar-refractivity contribution < 1.29 is 81.7 Å². The van der Waals surface area contributed by atoms with Crippen LogP contribution in [0.3, 0.4) is 0 Å². The molecular weight excluding hydrogens is 335 g/mol. The van der Waals surface area contributed by atoms with Crippen LogP contribution in [0.15, 0.2) is 0 Å². The average Bonchev–Trinajstić information content (AvgIpc) is 0. The van der Waals surface area contributed by atoms with Crippen LogP contribution in [0.25, 0.3) is 0 Å². The van der Waals surface area contributed by atoms with E-state index < -0.39 is 0 Å². The Morgan fingerprint density at radius 2 is 0.600 bits per heavy atom. The van der Waals surface area contributed by atoms with E-state index in [0.29, 0.717) is 0 Å². The van der Waals surface area contributed by atoms with Crippen LogP contribution in [0.1, 0.15) is 0 Å². The van der Waals surface area contributed by atoms with Crippen molar-refractivity contribution in [3.05, 3.63) is 0 Å². The van der Waals surface area contributed by atoms with Crippen molar-refractivity contribution in [1.29, 1.82) is 0 Å². The van der Waals surface area contributed by atoms with Crippen LogP contribution >= 0.6 is 0 Å². The Kier molecular flexibility index (Phi) is 347. The topological polar surface area (TPSA) is 28.5 Å². The summed E-state index contributed by atoms with van der Waals surface area (Å²) in [6, 6.07) is 0. The molecule has 0 aliphatic heterocycles. The first kappa shape index (κ1) is 53.1. The van der Waals surface area contributed by atoms with E-state index >= 15 is 0 Å². The molecule has 0 aromatic heterocycles. The molecule has 1 nitrogen and oxygen atoms in total. The minimum absolute atomic E-state index is 0. The molecule has 0 aromatic rings. The van der Waals surface area contributed by atoms with Crippen LogP contribution < -0.4 is 0 Å². The molecular formula is Cu2Mo2O. The Labute approximate surface area is 80.8 Å². The van der Waals surface area contributed by atoms with Gasteiger partial charge in [0.1, 0.15) is 0 Å². The van der Waals surface area contributed by atoms with E-state index in [1.54, 1.807) is 0 Å². The molecule has 0 saturated heterocycles. The van der Waals surface area contributed by atoms with E-state index in [0.717, 1.165) is 0 Å². The maximum absolute atomic E-state index is 0. The van der Waals surface area contributed by atoms with Gasteiger partial charge in [-0.3, -0.25) is 0 Å². The van der Waals surface area contributed by atoms with Crippen molar-refractivity contribution >= 4 is 0 Å². The predicted octanol–water partition coefficient (Wildman–Crippen LogP) is -0.129. The summed E-state index contributed by atoms with van der Waals surface area (Å²) >= 11 is 0. The maximum atomic E-state index is 0. The zero-order chi connectivity index (χ0) is 0. The summed E-state index contributed by atoms with van der Waals surface area (Å²) in [5.74, 6) is 0. The zero-order valence-electron chi connectivity index (χ0n) is 1.83. The summed E-state index contributed by atoms with van der Waals surface area (Å²) in [7, 11) is 0. The van der Waals surface area contributed by atoms with E-state index in [-0.39, 0.29) is 81.7 Å². The monoisotopic (exact) mass is 338 g/mol. The van der Waals surface area contributed by atoms with Crippen LogP contribution in [0.4, 0.5) is 0 Å². The van der Waals surface area contributed by atoms with E-state index in [4.69, 9.17) is 0 Å². The largest absolute Gasteiger partial charge is 2.00 e. The summed E-state index contributed by atoms with van der Waals surface area (Å²) in [6.45, 7) is 0. The zero-order valence-corrected chi connectivity index (χ0v) is 7.73. The average molecular weight is 335 g/mol. The summed E-state index contributed by atoms with van der Waals surface area (Å²) in [5.41, 5.74) is 0. The van der Waals surface area contributed by atoms with Crippen molar-refractivity contribution in [2.45, 2.75) is 0 Å². The second-order valence-corrected chi connectivity index (χ2v) is 0. The maximum Gasteiger partial charge on any atom is 1.00 e. The number of hydrogen-bond acceptors (Lipinski definition) is 0. The molecule has 0 aromatic carbocycles. The molecule has 0 heterocycles. The Morgan fingerprint density at radius 1 is 0.600 bits per heavy atom. The Hall–Kier alpha value is 2.38. The molecule has 40 valence electrons. The minimum Gasteiger partial charge on any atom is -2.00 e. The minimum atomic E-state index is 0. The SMILES string of the molecule is [Cu+].[Cu+].[Mo].[Mo].[O-2]. The van der Waals surface area contributed by atoms with Crippen molar-refractivity contribution in [2.75, 3.05) is 0 Å². The molecule has 0 bridgehead atoms. The van der Waals surface area contributed by atoms with Crippen LogP contribution in [-0.4, -0.2) is 0 Å². The van der Waals surface area contributed by atoms with Gasteiger partial charge in [-0.1, -0.05) is 0 Å². The summed E-state index contributed by atoms with van der Waals surface area (Å²) in [5, 5.41) is 0. The summed E-state index contributed by atoms with van der Waals surface area (Å²) < 4.78 is 0. The van der Waals surface area contributed by atoms with Gasteiger partial charge >= 0.3 is 34.1 Å². The molecule has 0 atom stereocenters. The van der Waals surface area contributed by atoms with Crippen LogP contribution in [0.2, 0.25) is 0 Å². The van der Waals surface area contributed by atoms with Gasteiger partial charge in [0.05, 0.1) is 0 Å². The van der Waals surface area contributed by atoms with Crippen LogP contribution in [0, 0.1) is 0 Å². The molecule has 0 radical (unpaired) electrons. The van der Waals surface area contributed by atoms with Gasteiger partial charge in [-0.2, -0.15) is 0 Å². The molecule has 0 unspecified atom stereocenters. The molecule has 0 rings (SSSR count). The third-order valence-corrected chi connectivity index (χ3v) is 0. The van der Waals surface area contributed by atoms with Gasteiger partial charge in [-0.25, -0.2) is 0 Å².